The van der Waals surface area contributed by atoms with Crippen LogP contribution in [0, 0.1) is 0 Å². The Morgan fingerprint density at radius 3 is 2.17 bits per heavy atom. The molecule has 0 atom stereocenters. The summed E-state index contributed by atoms with van der Waals surface area (Å²) in [6.45, 7) is 1.64. The molecule has 0 radical (unpaired) electrons. The van der Waals surface area contributed by atoms with Crippen molar-refractivity contribution < 1.29 is 8.42 Å². The van der Waals surface area contributed by atoms with Crippen LogP contribution in [0.2, 0.25) is 0 Å². The molecule has 5 rings (SSSR count). The third-order valence-corrected chi connectivity index (χ3v) is 7.70. The average molecular weight is 498 g/mol. The van der Waals surface area contributed by atoms with E-state index in [0.29, 0.717) is 18.1 Å². The van der Waals surface area contributed by atoms with Gasteiger partial charge in [0.15, 0.2) is 0 Å². The van der Waals surface area contributed by atoms with Crippen molar-refractivity contribution in [3.63, 3.8) is 0 Å². The molecule has 0 fully saturated rings. The van der Waals surface area contributed by atoms with Gasteiger partial charge in [0.2, 0.25) is 10.0 Å². The van der Waals surface area contributed by atoms with Crippen molar-refractivity contribution in [1.29, 1.82) is 0 Å². The summed E-state index contributed by atoms with van der Waals surface area (Å²) in [6.07, 6.45) is 1.67. The van der Waals surface area contributed by atoms with Crippen LogP contribution >= 0.6 is 0 Å². The fraction of sp³-hybridized carbons (Fsp3) is 0.143. The summed E-state index contributed by atoms with van der Waals surface area (Å²) in [6, 6.07) is 30.3. The Morgan fingerprint density at radius 1 is 0.750 bits per heavy atom. The topological polar surface area (TPSA) is 91.0 Å². The number of hydrogen-bond donors (Lipinski definition) is 2. The molecule has 0 saturated carbocycles. The third-order valence-electron chi connectivity index (χ3n) is 5.89. The van der Waals surface area contributed by atoms with E-state index in [0.717, 1.165) is 23.1 Å². The van der Waals surface area contributed by atoms with Gasteiger partial charge in [0, 0.05) is 19.3 Å². The number of rotatable bonds is 10. The summed E-state index contributed by atoms with van der Waals surface area (Å²) in [7, 11) is -3.80. The highest BCUT2D eigenvalue weighted by molar-refractivity contribution is 7.89. The zero-order valence-electron chi connectivity index (χ0n) is 19.7. The predicted octanol–water partition coefficient (Wildman–Crippen LogP) is 4.64. The van der Waals surface area contributed by atoms with Crippen molar-refractivity contribution in [2.45, 2.75) is 31.1 Å². The van der Waals surface area contributed by atoms with Crippen LogP contribution in [0.4, 0.5) is 0 Å². The standard InChI is InChI=1S/C28H27N5O2S/c34-36(35,25-15-13-23(14-16-25)19-29-18-22-8-2-1-3-9-22)33(20-24-10-6-7-17-30-24)21-28-31-26-11-4-5-12-27(26)32-28/h1-17,29H,18-21H2,(H,31,32). The average Bonchev–Trinajstić information content (AvgIpc) is 3.32. The van der Waals surface area contributed by atoms with Gasteiger partial charge in [-0.15, -0.1) is 0 Å². The summed E-state index contributed by atoms with van der Waals surface area (Å²) in [5.41, 5.74) is 4.55. The van der Waals surface area contributed by atoms with E-state index < -0.39 is 10.0 Å². The Kier molecular flexibility index (Phi) is 7.18. The van der Waals surface area contributed by atoms with Crippen LogP contribution in [-0.2, 0) is 36.2 Å². The minimum absolute atomic E-state index is 0.105. The number of H-pyrrole nitrogens is 1. The number of imidazole rings is 1. The van der Waals surface area contributed by atoms with E-state index in [4.69, 9.17) is 0 Å². The van der Waals surface area contributed by atoms with Gasteiger partial charge in [0.25, 0.3) is 0 Å². The van der Waals surface area contributed by atoms with E-state index in [1.165, 1.54) is 9.87 Å². The molecule has 0 bridgehead atoms. The highest BCUT2D eigenvalue weighted by Gasteiger charge is 2.26. The normalized spacial score (nSPS) is 11.8. The summed E-state index contributed by atoms with van der Waals surface area (Å²) in [4.78, 5) is 12.4. The molecule has 2 N–H and O–H groups in total. The zero-order valence-corrected chi connectivity index (χ0v) is 20.5. The first kappa shape index (κ1) is 23.9. The van der Waals surface area contributed by atoms with Gasteiger partial charge in [-0.05, 0) is 47.5 Å². The molecule has 2 heterocycles. The number of fused-ring (bicyclic) bond motifs is 1. The van der Waals surface area contributed by atoms with Gasteiger partial charge in [0.1, 0.15) is 5.82 Å². The fourth-order valence-electron chi connectivity index (χ4n) is 4.02. The molecule has 5 aromatic rings. The van der Waals surface area contributed by atoms with Crippen molar-refractivity contribution in [3.05, 3.63) is 126 Å². The van der Waals surface area contributed by atoms with Crippen LogP contribution in [0.15, 0.2) is 108 Å². The first-order chi connectivity index (χ1) is 17.6. The summed E-state index contributed by atoms with van der Waals surface area (Å²) in [5, 5.41) is 3.40. The number of nitrogens with one attached hydrogen (secondary N) is 2. The molecule has 8 heteroatoms. The molecule has 0 spiro atoms. The molecule has 0 unspecified atom stereocenters. The maximum atomic E-state index is 13.7. The van der Waals surface area contributed by atoms with E-state index in [1.54, 1.807) is 18.3 Å². The molecule has 182 valence electrons. The van der Waals surface area contributed by atoms with E-state index in [-0.39, 0.29) is 18.0 Å². The highest BCUT2D eigenvalue weighted by atomic mass is 32.2. The first-order valence-corrected chi connectivity index (χ1v) is 13.2. The van der Waals surface area contributed by atoms with Gasteiger partial charge in [-0.3, -0.25) is 4.98 Å². The summed E-state index contributed by atoms with van der Waals surface area (Å²) < 4.78 is 28.8. The monoisotopic (exact) mass is 497 g/mol. The van der Waals surface area contributed by atoms with Crippen molar-refractivity contribution >= 4 is 21.1 Å². The number of pyridine rings is 1. The number of hydrogen-bond acceptors (Lipinski definition) is 5. The van der Waals surface area contributed by atoms with Gasteiger partial charge < -0.3 is 10.3 Å². The first-order valence-electron chi connectivity index (χ1n) is 11.8. The lowest BCUT2D eigenvalue weighted by Crippen LogP contribution is -2.31. The molecule has 7 nitrogen and oxygen atoms in total. The van der Waals surface area contributed by atoms with Gasteiger partial charge in [-0.2, -0.15) is 4.31 Å². The Balaban J connectivity index is 1.34. The Morgan fingerprint density at radius 2 is 1.44 bits per heavy atom. The lowest BCUT2D eigenvalue weighted by molar-refractivity contribution is 0.389. The molecule has 0 saturated heterocycles. The Bertz CT molecular complexity index is 1490. The van der Waals surface area contributed by atoms with E-state index in [2.05, 4.69) is 32.4 Å². The van der Waals surface area contributed by atoms with Gasteiger partial charge in [0.05, 0.1) is 34.7 Å². The fourth-order valence-corrected chi connectivity index (χ4v) is 5.39. The molecule has 36 heavy (non-hydrogen) atoms. The molecule has 3 aromatic carbocycles. The van der Waals surface area contributed by atoms with Crippen LogP contribution in [-0.4, -0.2) is 27.7 Å². The Labute approximate surface area is 210 Å². The number of sulfonamides is 1. The number of aromatic amines is 1. The molecule has 0 aliphatic carbocycles. The lowest BCUT2D eigenvalue weighted by atomic mass is 10.2. The minimum atomic E-state index is -3.80. The van der Waals surface area contributed by atoms with E-state index in [1.807, 2.05) is 72.8 Å². The lowest BCUT2D eigenvalue weighted by Gasteiger charge is -2.21. The maximum absolute atomic E-state index is 13.7. The smallest absolute Gasteiger partial charge is 0.243 e. The summed E-state index contributed by atoms with van der Waals surface area (Å²) in [5.74, 6) is 0.581. The second kappa shape index (κ2) is 10.8. The van der Waals surface area contributed by atoms with Crippen LogP contribution in [0.25, 0.3) is 11.0 Å². The van der Waals surface area contributed by atoms with Crippen molar-refractivity contribution in [1.82, 2.24) is 24.6 Å². The SMILES string of the molecule is O=S(=O)(c1ccc(CNCc2ccccc2)cc1)N(Cc1ccccn1)Cc1nc2ccccc2[nH]1. The number of para-hydroxylation sites is 2. The second-order valence-electron chi connectivity index (χ2n) is 8.53. The van der Waals surface area contributed by atoms with Crippen LogP contribution in [0.1, 0.15) is 22.6 Å². The zero-order chi connectivity index (χ0) is 24.8. The van der Waals surface area contributed by atoms with E-state index >= 15 is 0 Å². The molecular weight excluding hydrogens is 470 g/mol. The predicted molar refractivity (Wildman–Crippen MR) is 140 cm³/mol. The summed E-state index contributed by atoms with van der Waals surface area (Å²) >= 11 is 0. The third kappa shape index (κ3) is 5.68. The molecular formula is C28H27N5O2S. The van der Waals surface area contributed by atoms with Crippen LogP contribution in [0.3, 0.4) is 0 Å². The quantitative estimate of drug-likeness (QED) is 0.293. The molecule has 0 aliphatic heterocycles. The minimum Gasteiger partial charge on any atom is -0.341 e. The van der Waals surface area contributed by atoms with Crippen molar-refractivity contribution in [2.24, 2.45) is 0 Å². The number of aromatic nitrogens is 3. The second-order valence-corrected chi connectivity index (χ2v) is 10.5. The van der Waals surface area contributed by atoms with Gasteiger partial charge in [-0.25, -0.2) is 13.4 Å². The number of benzene rings is 3. The molecule has 0 aliphatic rings. The maximum Gasteiger partial charge on any atom is 0.243 e. The van der Waals surface area contributed by atoms with E-state index in [9.17, 15) is 8.42 Å². The number of nitrogens with zero attached hydrogens (tertiary/aromatic N) is 3. The van der Waals surface area contributed by atoms with Crippen LogP contribution in [0.5, 0.6) is 0 Å². The Hall–Kier alpha value is -3.85. The highest BCUT2D eigenvalue weighted by Crippen LogP contribution is 2.22. The van der Waals surface area contributed by atoms with Crippen LogP contribution < -0.4 is 5.32 Å². The largest absolute Gasteiger partial charge is 0.341 e. The molecule has 0 amide bonds. The molecule has 2 aromatic heterocycles. The van der Waals surface area contributed by atoms with Crippen molar-refractivity contribution in [2.75, 3.05) is 0 Å². The van der Waals surface area contributed by atoms with Gasteiger partial charge >= 0.3 is 0 Å². The van der Waals surface area contributed by atoms with Gasteiger partial charge in [-0.1, -0.05) is 60.7 Å². The van der Waals surface area contributed by atoms with Crippen molar-refractivity contribution in [3.8, 4) is 0 Å².